The molecule has 2 aromatic carbocycles. The SMILES string of the molecule is COc1cc(C2C(c3ccc(OC(=O)c4cccs4)c(OC)c3)C(N)(C(=O)O)C2(N)C(=O)O)ccc1OC(=O)c1cccs1. The molecular weight excluding hydrogens is 612 g/mol. The Morgan fingerprint density at radius 1 is 0.659 bits per heavy atom. The third-order valence-electron chi connectivity index (χ3n) is 7.65. The number of carbonyl (C=O) groups is 4. The van der Waals surface area contributed by atoms with Gasteiger partial charge in [0.15, 0.2) is 34.1 Å². The van der Waals surface area contributed by atoms with Gasteiger partial charge in [-0.3, -0.25) is 9.59 Å². The number of aliphatic carboxylic acids is 2. The Morgan fingerprint density at radius 2 is 1.05 bits per heavy atom. The number of methoxy groups -OCH3 is 2. The molecule has 4 atom stereocenters. The molecule has 14 heteroatoms. The molecule has 0 amide bonds. The summed E-state index contributed by atoms with van der Waals surface area (Å²) in [6.07, 6.45) is 0. The molecule has 1 fully saturated rings. The van der Waals surface area contributed by atoms with Crippen molar-refractivity contribution in [2.75, 3.05) is 14.2 Å². The molecule has 4 unspecified atom stereocenters. The molecule has 0 saturated heterocycles. The molecule has 1 saturated carbocycles. The van der Waals surface area contributed by atoms with Crippen molar-refractivity contribution in [3.05, 3.63) is 92.3 Å². The largest absolute Gasteiger partial charge is 0.493 e. The first-order chi connectivity index (χ1) is 21.0. The number of hydrogen-bond donors (Lipinski definition) is 4. The Bertz CT molecular complexity index is 1610. The van der Waals surface area contributed by atoms with E-state index in [1.54, 1.807) is 35.0 Å². The topological polar surface area (TPSA) is 198 Å². The molecule has 2 heterocycles. The van der Waals surface area contributed by atoms with Gasteiger partial charge in [0.05, 0.1) is 14.2 Å². The third-order valence-corrected chi connectivity index (χ3v) is 9.35. The van der Waals surface area contributed by atoms with Gasteiger partial charge in [-0.25, -0.2) is 9.59 Å². The Hall–Kier alpha value is -4.76. The lowest BCUT2D eigenvalue weighted by Crippen LogP contribution is -2.87. The quantitative estimate of drug-likeness (QED) is 0.145. The minimum Gasteiger partial charge on any atom is -0.493 e. The Labute approximate surface area is 258 Å². The third kappa shape index (κ3) is 4.87. The zero-order valence-electron chi connectivity index (χ0n) is 23.2. The molecule has 4 aromatic rings. The number of esters is 2. The van der Waals surface area contributed by atoms with Gasteiger partial charge in [-0.1, -0.05) is 24.3 Å². The van der Waals surface area contributed by atoms with Gasteiger partial charge in [0, 0.05) is 11.8 Å². The van der Waals surface area contributed by atoms with E-state index in [0.717, 1.165) is 0 Å². The van der Waals surface area contributed by atoms with Crippen LogP contribution < -0.4 is 30.4 Å². The monoisotopic (exact) mass is 638 g/mol. The highest BCUT2D eigenvalue weighted by Crippen LogP contribution is 2.61. The lowest BCUT2D eigenvalue weighted by molar-refractivity contribution is -0.171. The van der Waals surface area contributed by atoms with Gasteiger partial charge in [-0.05, 0) is 58.3 Å². The van der Waals surface area contributed by atoms with Gasteiger partial charge >= 0.3 is 23.9 Å². The van der Waals surface area contributed by atoms with E-state index in [1.807, 2.05) is 0 Å². The fourth-order valence-electron chi connectivity index (χ4n) is 5.49. The molecule has 12 nitrogen and oxygen atoms in total. The standard InChI is InChI=1S/C30H26N2O10S2/c1-39-19-13-15(7-9-17(19)41-25(33)21-5-3-11-43-21)23-24(30(32,28(37)38)29(23,31)27(35)36)16-8-10-18(20(14-16)40-2)42-26(34)22-6-4-12-44-22/h3-14,23-24H,31-32H2,1-2H3,(H,35,36)(H,37,38). The number of carbonyl (C=O) groups excluding carboxylic acids is 2. The molecule has 1 aliphatic rings. The summed E-state index contributed by atoms with van der Waals surface area (Å²) >= 11 is 2.38. The summed E-state index contributed by atoms with van der Waals surface area (Å²) in [6.45, 7) is 0. The maximum atomic E-state index is 12.6. The highest BCUT2D eigenvalue weighted by atomic mass is 32.1. The number of carboxylic acid groups (broad SMARTS) is 2. The van der Waals surface area contributed by atoms with Gasteiger partial charge in [-0.15, -0.1) is 22.7 Å². The van der Waals surface area contributed by atoms with Crippen LogP contribution in [-0.2, 0) is 9.59 Å². The van der Waals surface area contributed by atoms with E-state index in [1.165, 1.54) is 73.3 Å². The first kappa shape index (κ1) is 30.7. The Balaban J connectivity index is 1.56. The average Bonchev–Trinajstić information content (AvgIpc) is 3.75. The van der Waals surface area contributed by atoms with Gasteiger partial charge in [0.1, 0.15) is 9.75 Å². The van der Waals surface area contributed by atoms with Crippen molar-refractivity contribution in [2.24, 2.45) is 11.5 Å². The highest BCUT2D eigenvalue weighted by Gasteiger charge is 2.77. The maximum absolute atomic E-state index is 12.6. The van der Waals surface area contributed by atoms with E-state index < -0.39 is 46.8 Å². The van der Waals surface area contributed by atoms with Crippen LogP contribution in [0.2, 0.25) is 0 Å². The lowest BCUT2D eigenvalue weighted by Gasteiger charge is -2.61. The average molecular weight is 639 g/mol. The summed E-state index contributed by atoms with van der Waals surface area (Å²) in [5, 5.41) is 24.0. The zero-order chi connectivity index (χ0) is 31.8. The second kappa shape index (κ2) is 11.7. The molecule has 0 bridgehead atoms. The van der Waals surface area contributed by atoms with Crippen molar-refractivity contribution in [2.45, 2.75) is 22.9 Å². The number of thiophene rings is 2. The molecule has 228 valence electrons. The van der Waals surface area contributed by atoms with Crippen molar-refractivity contribution in [1.29, 1.82) is 0 Å². The molecule has 5 rings (SSSR count). The van der Waals surface area contributed by atoms with Crippen molar-refractivity contribution in [1.82, 2.24) is 0 Å². The summed E-state index contributed by atoms with van der Waals surface area (Å²) < 4.78 is 21.8. The molecule has 6 N–H and O–H groups in total. The van der Waals surface area contributed by atoms with E-state index in [4.69, 9.17) is 30.4 Å². The van der Waals surface area contributed by atoms with E-state index in [-0.39, 0.29) is 34.1 Å². The number of nitrogens with two attached hydrogens (primary N) is 2. The highest BCUT2D eigenvalue weighted by molar-refractivity contribution is 7.12. The number of ether oxygens (including phenoxy) is 4. The smallest absolute Gasteiger partial charge is 0.353 e. The predicted molar refractivity (Wildman–Crippen MR) is 159 cm³/mol. The van der Waals surface area contributed by atoms with Crippen LogP contribution in [-0.4, -0.2) is 59.4 Å². The van der Waals surface area contributed by atoms with Gasteiger partial charge < -0.3 is 40.6 Å². The molecule has 1 aliphatic carbocycles. The summed E-state index contributed by atoms with van der Waals surface area (Å²) in [5.41, 5.74) is 8.35. The van der Waals surface area contributed by atoms with Crippen LogP contribution in [0.3, 0.4) is 0 Å². The van der Waals surface area contributed by atoms with Crippen LogP contribution in [0.1, 0.15) is 42.3 Å². The van der Waals surface area contributed by atoms with Crippen LogP contribution in [0.5, 0.6) is 23.0 Å². The summed E-state index contributed by atoms with van der Waals surface area (Å²) in [4.78, 5) is 51.1. The van der Waals surface area contributed by atoms with Crippen LogP contribution in [0.25, 0.3) is 0 Å². The fourth-order valence-corrected chi connectivity index (χ4v) is 6.69. The molecule has 0 aliphatic heterocycles. The van der Waals surface area contributed by atoms with Crippen LogP contribution >= 0.6 is 22.7 Å². The summed E-state index contributed by atoms with van der Waals surface area (Å²) in [6, 6.07) is 15.2. The summed E-state index contributed by atoms with van der Waals surface area (Å²) in [7, 11) is 2.66. The van der Waals surface area contributed by atoms with Crippen LogP contribution in [0.4, 0.5) is 0 Å². The van der Waals surface area contributed by atoms with Crippen molar-refractivity contribution < 1.29 is 48.3 Å². The number of hydrogen-bond acceptors (Lipinski definition) is 12. The second-order valence-electron chi connectivity index (χ2n) is 9.86. The zero-order valence-corrected chi connectivity index (χ0v) is 24.8. The molecular formula is C30H26N2O10S2. The first-order valence-electron chi connectivity index (χ1n) is 12.9. The number of rotatable bonds is 10. The van der Waals surface area contributed by atoms with Crippen molar-refractivity contribution in [3.8, 4) is 23.0 Å². The minimum atomic E-state index is -2.48. The van der Waals surface area contributed by atoms with E-state index >= 15 is 0 Å². The van der Waals surface area contributed by atoms with Crippen LogP contribution in [0, 0.1) is 0 Å². The van der Waals surface area contributed by atoms with E-state index in [9.17, 15) is 29.4 Å². The van der Waals surface area contributed by atoms with E-state index in [0.29, 0.717) is 9.75 Å². The fraction of sp³-hybridized carbons (Fsp3) is 0.200. The Morgan fingerprint density at radius 3 is 1.34 bits per heavy atom. The van der Waals surface area contributed by atoms with Crippen molar-refractivity contribution >= 4 is 46.6 Å². The normalized spacial score (nSPS) is 22.4. The van der Waals surface area contributed by atoms with Gasteiger partial charge in [0.2, 0.25) is 0 Å². The molecule has 0 radical (unpaired) electrons. The van der Waals surface area contributed by atoms with Crippen LogP contribution in [0.15, 0.2) is 71.4 Å². The predicted octanol–water partition coefficient (Wildman–Crippen LogP) is 3.71. The maximum Gasteiger partial charge on any atom is 0.353 e. The number of benzene rings is 2. The summed E-state index contributed by atoms with van der Waals surface area (Å²) in [5.74, 6) is -6.65. The second-order valence-corrected chi connectivity index (χ2v) is 11.8. The number of carboxylic acids is 2. The minimum absolute atomic E-state index is 0.0549. The van der Waals surface area contributed by atoms with Crippen molar-refractivity contribution in [3.63, 3.8) is 0 Å². The Kier molecular flexibility index (Phi) is 8.18. The molecule has 44 heavy (non-hydrogen) atoms. The molecule has 2 aromatic heterocycles. The van der Waals surface area contributed by atoms with E-state index in [2.05, 4.69) is 0 Å². The first-order valence-corrected chi connectivity index (χ1v) is 14.6. The lowest BCUT2D eigenvalue weighted by atomic mass is 9.44. The molecule has 0 spiro atoms. The van der Waals surface area contributed by atoms with Gasteiger partial charge in [-0.2, -0.15) is 0 Å². The van der Waals surface area contributed by atoms with Gasteiger partial charge in [0.25, 0.3) is 0 Å².